The number of hydrogen-bond acceptors (Lipinski definition) is 2. The van der Waals surface area contributed by atoms with Crippen LogP contribution in [0.3, 0.4) is 0 Å². The van der Waals surface area contributed by atoms with Gasteiger partial charge in [-0.25, -0.2) is 8.78 Å². The maximum absolute atomic E-state index is 13.8. The van der Waals surface area contributed by atoms with Crippen molar-refractivity contribution in [1.29, 1.82) is 5.41 Å². The van der Waals surface area contributed by atoms with Crippen LogP contribution in [-0.2, 0) is 0 Å². The molecule has 0 aliphatic heterocycles. The highest BCUT2D eigenvalue weighted by Gasteiger charge is 2.12. The molecule has 3 N–H and O–H groups in total. The third-order valence-electron chi connectivity index (χ3n) is 2.61. The molecule has 2 aromatic carbocycles. The molecule has 0 aliphatic rings. The molecule has 0 heterocycles. The highest BCUT2D eigenvalue weighted by atomic mass is 19.1. The Labute approximate surface area is 109 Å². The van der Waals surface area contributed by atoms with Crippen molar-refractivity contribution in [2.45, 2.75) is 6.92 Å². The molecular weight excluding hydrogens is 250 g/mol. The Morgan fingerprint density at radius 2 is 1.89 bits per heavy atom. The number of benzene rings is 2. The van der Waals surface area contributed by atoms with Crippen molar-refractivity contribution in [3.8, 4) is 11.5 Å². The van der Waals surface area contributed by atoms with Crippen molar-refractivity contribution in [1.82, 2.24) is 0 Å². The number of nitrogen functional groups attached to an aromatic ring is 1. The van der Waals surface area contributed by atoms with Crippen molar-refractivity contribution in [3.63, 3.8) is 0 Å². The number of nitrogens with one attached hydrogen (secondary N) is 1. The van der Waals surface area contributed by atoms with Crippen LogP contribution in [0.2, 0.25) is 0 Å². The van der Waals surface area contributed by atoms with Crippen LogP contribution >= 0.6 is 0 Å². The van der Waals surface area contributed by atoms with E-state index in [9.17, 15) is 8.78 Å². The molecule has 0 saturated heterocycles. The molecule has 0 spiro atoms. The first-order valence-corrected chi connectivity index (χ1v) is 5.56. The normalized spacial score (nSPS) is 10.3. The van der Waals surface area contributed by atoms with E-state index in [0.717, 1.165) is 12.1 Å². The molecule has 0 aromatic heterocycles. The first-order chi connectivity index (χ1) is 8.99. The zero-order valence-electron chi connectivity index (χ0n) is 10.2. The first-order valence-electron chi connectivity index (χ1n) is 5.56. The van der Waals surface area contributed by atoms with Crippen LogP contribution in [0, 0.1) is 24.0 Å². The molecule has 0 radical (unpaired) electrons. The Morgan fingerprint density at radius 1 is 1.16 bits per heavy atom. The van der Waals surface area contributed by atoms with Gasteiger partial charge in [0.1, 0.15) is 17.4 Å². The van der Waals surface area contributed by atoms with Gasteiger partial charge < -0.3 is 10.5 Å². The Morgan fingerprint density at radius 3 is 2.58 bits per heavy atom. The van der Waals surface area contributed by atoms with Gasteiger partial charge >= 0.3 is 0 Å². The smallest absolute Gasteiger partial charge is 0.168 e. The SMILES string of the molecule is Cc1cccc(Oc2ccc(F)cc2C(=N)N)c1F. The number of hydrogen-bond donors (Lipinski definition) is 2. The van der Waals surface area contributed by atoms with E-state index in [0.29, 0.717) is 5.56 Å². The summed E-state index contributed by atoms with van der Waals surface area (Å²) in [5, 5.41) is 7.37. The molecule has 2 rings (SSSR count). The lowest BCUT2D eigenvalue weighted by Crippen LogP contribution is -2.12. The minimum atomic E-state index is -0.540. The van der Waals surface area contributed by atoms with Crippen LogP contribution in [0.5, 0.6) is 11.5 Å². The van der Waals surface area contributed by atoms with Gasteiger partial charge in [-0.2, -0.15) is 0 Å². The highest BCUT2D eigenvalue weighted by molar-refractivity contribution is 5.97. The summed E-state index contributed by atoms with van der Waals surface area (Å²) < 4.78 is 32.3. The fourth-order valence-electron chi connectivity index (χ4n) is 1.62. The molecule has 0 atom stereocenters. The quantitative estimate of drug-likeness (QED) is 0.658. The molecule has 0 unspecified atom stereocenters. The fraction of sp³-hybridized carbons (Fsp3) is 0.0714. The van der Waals surface area contributed by atoms with Crippen LogP contribution in [0.1, 0.15) is 11.1 Å². The third-order valence-corrected chi connectivity index (χ3v) is 2.61. The van der Waals surface area contributed by atoms with E-state index in [1.54, 1.807) is 19.1 Å². The van der Waals surface area contributed by atoms with Gasteiger partial charge in [-0.1, -0.05) is 12.1 Å². The number of aryl methyl sites for hydroxylation is 1. The largest absolute Gasteiger partial charge is 0.454 e. The van der Waals surface area contributed by atoms with Gasteiger partial charge in [0.2, 0.25) is 0 Å². The van der Waals surface area contributed by atoms with E-state index >= 15 is 0 Å². The summed E-state index contributed by atoms with van der Waals surface area (Å²) in [6.45, 7) is 1.61. The fourth-order valence-corrected chi connectivity index (χ4v) is 1.62. The van der Waals surface area contributed by atoms with E-state index in [4.69, 9.17) is 15.9 Å². The monoisotopic (exact) mass is 262 g/mol. The van der Waals surface area contributed by atoms with Crippen LogP contribution in [-0.4, -0.2) is 5.84 Å². The van der Waals surface area contributed by atoms with Crippen molar-refractivity contribution >= 4 is 5.84 Å². The molecule has 0 saturated carbocycles. The Bertz CT molecular complexity index is 641. The lowest BCUT2D eigenvalue weighted by atomic mass is 10.1. The van der Waals surface area contributed by atoms with E-state index in [2.05, 4.69) is 0 Å². The maximum atomic E-state index is 13.8. The van der Waals surface area contributed by atoms with Gasteiger partial charge in [0.25, 0.3) is 0 Å². The second kappa shape index (κ2) is 5.06. The number of ether oxygens (including phenoxy) is 1. The van der Waals surface area contributed by atoms with Crippen molar-refractivity contribution in [3.05, 3.63) is 59.2 Å². The average Bonchev–Trinajstić information content (AvgIpc) is 2.36. The molecule has 0 fully saturated rings. The molecule has 5 heteroatoms. The van der Waals surface area contributed by atoms with E-state index in [1.807, 2.05) is 0 Å². The molecule has 3 nitrogen and oxygen atoms in total. The number of halogens is 2. The summed E-state index contributed by atoms with van der Waals surface area (Å²) in [6.07, 6.45) is 0. The number of rotatable bonds is 3. The summed E-state index contributed by atoms with van der Waals surface area (Å²) in [4.78, 5) is 0. The second-order valence-corrected chi connectivity index (χ2v) is 4.04. The standard InChI is InChI=1S/C14H12F2N2O/c1-8-3-2-4-12(13(8)16)19-11-6-5-9(15)7-10(11)14(17)18/h2-7H,1H3,(H3,17,18). The molecule has 0 bridgehead atoms. The molecule has 0 aliphatic carbocycles. The van der Waals surface area contributed by atoms with Gasteiger partial charge in [0, 0.05) is 0 Å². The zero-order chi connectivity index (χ0) is 14.0. The summed E-state index contributed by atoms with van der Waals surface area (Å²) in [7, 11) is 0. The lowest BCUT2D eigenvalue weighted by Gasteiger charge is -2.11. The van der Waals surface area contributed by atoms with E-state index < -0.39 is 11.6 Å². The number of nitrogens with two attached hydrogens (primary N) is 1. The van der Waals surface area contributed by atoms with Crippen LogP contribution in [0.15, 0.2) is 36.4 Å². The molecule has 98 valence electrons. The van der Waals surface area contributed by atoms with Gasteiger partial charge in [-0.05, 0) is 36.8 Å². The minimum Gasteiger partial charge on any atom is -0.454 e. The number of amidine groups is 1. The zero-order valence-corrected chi connectivity index (χ0v) is 10.2. The van der Waals surface area contributed by atoms with E-state index in [1.165, 1.54) is 12.1 Å². The summed E-state index contributed by atoms with van der Waals surface area (Å²) >= 11 is 0. The molecule has 2 aromatic rings. The Kier molecular flexibility index (Phi) is 3.46. The van der Waals surface area contributed by atoms with Crippen molar-refractivity contribution in [2.24, 2.45) is 5.73 Å². The summed E-state index contributed by atoms with van der Waals surface area (Å²) in [5.41, 5.74) is 5.87. The van der Waals surface area contributed by atoms with Crippen LogP contribution in [0.4, 0.5) is 8.78 Å². The Hall–Kier alpha value is -2.43. The van der Waals surface area contributed by atoms with Crippen LogP contribution < -0.4 is 10.5 Å². The van der Waals surface area contributed by atoms with Crippen LogP contribution in [0.25, 0.3) is 0 Å². The van der Waals surface area contributed by atoms with Gasteiger partial charge in [-0.15, -0.1) is 0 Å². The van der Waals surface area contributed by atoms with E-state index in [-0.39, 0.29) is 22.9 Å². The average molecular weight is 262 g/mol. The predicted molar refractivity (Wildman–Crippen MR) is 68.6 cm³/mol. The molecular formula is C14H12F2N2O. The lowest BCUT2D eigenvalue weighted by molar-refractivity contribution is 0.438. The second-order valence-electron chi connectivity index (χ2n) is 4.04. The predicted octanol–water partition coefficient (Wildman–Crippen LogP) is 3.35. The van der Waals surface area contributed by atoms with Gasteiger partial charge in [0.05, 0.1) is 5.56 Å². The molecule has 0 amide bonds. The third kappa shape index (κ3) is 2.70. The van der Waals surface area contributed by atoms with Crippen molar-refractivity contribution < 1.29 is 13.5 Å². The minimum absolute atomic E-state index is 0.00843. The maximum Gasteiger partial charge on any atom is 0.168 e. The Balaban J connectivity index is 2.44. The van der Waals surface area contributed by atoms with Crippen molar-refractivity contribution in [2.75, 3.05) is 0 Å². The van der Waals surface area contributed by atoms with Gasteiger partial charge in [0.15, 0.2) is 11.6 Å². The summed E-state index contributed by atoms with van der Waals surface area (Å²) in [6, 6.07) is 8.26. The van der Waals surface area contributed by atoms with Gasteiger partial charge in [-0.3, -0.25) is 5.41 Å². The molecule has 19 heavy (non-hydrogen) atoms. The topological polar surface area (TPSA) is 59.1 Å². The first kappa shape index (κ1) is 13.0. The highest BCUT2D eigenvalue weighted by Crippen LogP contribution is 2.29. The summed E-state index contributed by atoms with van der Waals surface area (Å²) in [5.74, 6) is -1.24.